The summed E-state index contributed by atoms with van der Waals surface area (Å²) in [4.78, 5) is 18.0. The maximum atomic E-state index is 14.2. The zero-order valence-corrected chi connectivity index (χ0v) is 34.7. The van der Waals surface area contributed by atoms with Crippen LogP contribution in [0, 0.1) is 17.8 Å². The van der Waals surface area contributed by atoms with E-state index >= 15 is 0 Å². The Morgan fingerprint density at radius 2 is 1.55 bits per heavy atom. The summed E-state index contributed by atoms with van der Waals surface area (Å²) in [5.41, 5.74) is -4.37. The minimum atomic E-state index is -1.80. The molecule has 314 valence electrons. The van der Waals surface area contributed by atoms with Crippen molar-refractivity contribution in [1.29, 1.82) is 0 Å². The van der Waals surface area contributed by atoms with E-state index in [-0.39, 0.29) is 42.8 Å². The predicted molar refractivity (Wildman–Crippen MR) is 198 cm³/mol. The van der Waals surface area contributed by atoms with Crippen LogP contribution in [0.3, 0.4) is 0 Å². The van der Waals surface area contributed by atoms with Gasteiger partial charge in [0.2, 0.25) is 0 Å². The van der Waals surface area contributed by atoms with Gasteiger partial charge in [0.05, 0.1) is 41.5 Å². The molecule has 3 rings (SSSR count). The van der Waals surface area contributed by atoms with Crippen molar-refractivity contribution >= 4 is 5.97 Å². The molecule has 8 unspecified atom stereocenters. The maximum Gasteiger partial charge on any atom is 0.311 e. The zero-order valence-electron chi connectivity index (χ0n) is 34.7. The van der Waals surface area contributed by atoms with Crippen molar-refractivity contribution in [3.63, 3.8) is 0 Å². The van der Waals surface area contributed by atoms with Crippen molar-refractivity contribution in [2.75, 3.05) is 34.8 Å². The summed E-state index contributed by atoms with van der Waals surface area (Å²) in [6.45, 7) is 18.0. The Balaban J connectivity index is 0.00000972. The van der Waals surface area contributed by atoms with E-state index in [1.54, 1.807) is 41.5 Å². The third-order valence-corrected chi connectivity index (χ3v) is 12.2. The topological polar surface area (TPSA) is 212 Å². The highest BCUT2D eigenvalue weighted by atomic mass is 16.7. The molecule has 0 saturated carbocycles. The van der Waals surface area contributed by atoms with Crippen molar-refractivity contribution in [2.45, 2.75) is 185 Å². The predicted octanol–water partition coefficient (Wildman–Crippen LogP) is 1.08. The van der Waals surface area contributed by atoms with Crippen LogP contribution in [0.4, 0.5) is 0 Å². The molecule has 3 aliphatic heterocycles. The highest BCUT2D eigenvalue weighted by Gasteiger charge is 2.52. The van der Waals surface area contributed by atoms with Crippen molar-refractivity contribution in [1.82, 2.24) is 9.80 Å². The first-order valence-corrected chi connectivity index (χ1v) is 19.1. The molecule has 53 heavy (non-hydrogen) atoms. The maximum absolute atomic E-state index is 14.2. The third-order valence-electron chi connectivity index (χ3n) is 12.2. The van der Waals surface area contributed by atoms with E-state index in [9.17, 15) is 30.3 Å². The Kier molecular flexibility index (Phi) is 17.2. The molecular weight excluding hydrogens is 692 g/mol. The van der Waals surface area contributed by atoms with E-state index in [1.165, 1.54) is 14.0 Å². The summed E-state index contributed by atoms with van der Waals surface area (Å²) in [5, 5.41) is 58.1. The fraction of sp³-hybridized carbons (Fsp3) is 0.974. The number of aliphatic hydroxyl groups is 5. The van der Waals surface area contributed by atoms with Gasteiger partial charge in [-0.25, -0.2) is 0 Å². The fourth-order valence-electron chi connectivity index (χ4n) is 8.74. The molecule has 3 fully saturated rings. The largest absolute Gasteiger partial charge is 0.459 e. The Morgan fingerprint density at radius 1 is 0.943 bits per heavy atom. The summed E-state index contributed by atoms with van der Waals surface area (Å²) in [6, 6.07) is -0.808. The van der Waals surface area contributed by atoms with E-state index in [4.69, 9.17) is 28.4 Å². The van der Waals surface area contributed by atoms with Gasteiger partial charge in [0.1, 0.15) is 30.0 Å². The van der Waals surface area contributed by atoms with Gasteiger partial charge < -0.3 is 69.2 Å². The number of likely N-dealkylation sites (N-methyl/N-ethyl adjacent to an activating group) is 2. The molecule has 3 aliphatic rings. The van der Waals surface area contributed by atoms with Crippen LogP contribution in [-0.4, -0.2) is 172 Å². The second kappa shape index (κ2) is 18.9. The van der Waals surface area contributed by atoms with E-state index in [1.807, 2.05) is 51.7 Å². The first kappa shape index (κ1) is 48.1. The van der Waals surface area contributed by atoms with Crippen LogP contribution >= 0.6 is 0 Å². The number of aliphatic hydroxyl groups excluding tert-OH is 3. The van der Waals surface area contributed by atoms with E-state index < -0.39 is 96.0 Å². The van der Waals surface area contributed by atoms with Crippen LogP contribution < -0.4 is 0 Å². The summed E-state index contributed by atoms with van der Waals surface area (Å²) in [5.74, 6) is -2.58. The van der Waals surface area contributed by atoms with Crippen LogP contribution in [0.15, 0.2) is 0 Å². The van der Waals surface area contributed by atoms with Crippen molar-refractivity contribution in [3.8, 4) is 0 Å². The average molecular weight is 767 g/mol. The van der Waals surface area contributed by atoms with Gasteiger partial charge in [-0.1, -0.05) is 20.8 Å². The van der Waals surface area contributed by atoms with Gasteiger partial charge in [0, 0.05) is 38.1 Å². The number of carbonyl (C=O) groups excluding carboxylic acids is 1. The molecule has 0 aliphatic carbocycles. The normalized spacial score (nSPS) is 48.7. The lowest BCUT2D eigenvalue weighted by Crippen LogP contribution is -2.60. The lowest BCUT2D eigenvalue weighted by atomic mass is 9.77. The number of carbonyl (C=O) groups is 1. The second-order valence-electron chi connectivity index (χ2n) is 17.2. The molecule has 0 amide bonds. The van der Waals surface area contributed by atoms with Crippen LogP contribution in [0.2, 0.25) is 0 Å². The number of hydrogen-bond acceptors (Lipinski definition) is 14. The van der Waals surface area contributed by atoms with Gasteiger partial charge in [-0.2, -0.15) is 0 Å². The number of cyclic esters (lactones) is 1. The first-order valence-electron chi connectivity index (χ1n) is 19.1. The van der Waals surface area contributed by atoms with Crippen LogP contribution in [0.1, 0.15) is 94.9 Å². The molecule has 0 aromatic heterocycles. The number of esters is 1. The average Bonchev–Trinajstić information content (AvgIpc) is 3.05. The van der Waals surface area contributed by atoms with Gasteiger partial charge in [0.25, 0.3) is 0 Å². The van der Waals surface area contributed by atoms with Gasteiger partial charge in [-0.15, -0.1) is 0 Å². The lowest BCUT2D eigenvalue weighted by Gasteiger charge is -2.48. The molecule has 0 aromatic carbocycles. The van der Waals surface area contributed by atoms with Crippen molar-refractivity contribution in [2.24, 2.45) is 17.8 Å². The number of hydrogen-bond donors (Lipinski definition) is 5. The summed E-state index contributed by atoms with van der Waals surface area (Å²) in [7, 11) is 7.12. The second-order valence-corrected chi connectivity index (χ2v) is 17.2. The zero-order chi connectivity index (χ0) is 39.7. The minimum Gasteiger partial charge on any atom is -0.459 e. The molecule has 0 aromatic rings. The first-order chi connectivity index (χ1) is 23.9. The SMILES string of the molecule is CC[C@H]1OC(=O)[C@H](C)[C@@H](OC2CC(C)(OC)C(O)C(C)O2)[C@H](C)[C@@H](OC2OC(C)CC(N(C)C)C2O)[C@](C)(O)C[C@@H](C)CN(C)[C@H](C)[C@@H](O)[C@]1(C)O.O. The molecule has 15 nitrogen and oxygen atoms in total. The standard InChI is InChI=1S/C38H72N2O12.H2O/c1-15-27-38(10,46)31(42)24(6)40(13)19-20(2)17-36(8,45)33(52-35-29(41)26(39(11)12)16-21(3)48-35)22(4)30(23(5)34(44)50-27)51-28-18-37(9,47-14)32(43)25(7)49-28;/h20-33,35,41-43,45-46H,15-19H2,1-14H3;1H2/t20-,21?,22+,23-,24-,25?,26?,27-,28?,29?,30+,31-,32?,33-,35?,36-,37?,38-;/m1./s1. The highest BCUT2D eigenvalue weighted by molar-refractivity contribution is 5.73. The molecule has 0 bridgehead atoms. The molecular formula is C38H74N2O13. The monoisotopic (exact) mass is 767 g/mol. The van der Waals surface area contributed by atoms with Crippen molar-refractivity contribution in [3.05, 3.63) is 0 Å². The van der Waals surface area contributed by atoms with Gasteiger partial charge in [0.15, 0.2) is 12.6 Å². The van der Waals surface area contributed by atoms with E-state index in [2.05, 4.69) is 0 Å². The lowest BCUT2D eigenvalue weighted by molar-refractivity contribution is -0.318. The molecule has 0 radical (unpaired) electrons. The van der Waals surface area contributed by atoms with Gasteiger partial charge >= 0.3 is 5.97 Å². The smallest absolute Gasteiger partial charge is 0.311 e. The molecule has 15 heteroatoms. The number of nitrogens with zero attached hydrogens (tertiary/aromatic N) is 2. The Hall–Kier alpha value is -1.05. The van der Waals surface area contributed by atoms with Gasteiger partial charge in [-0.3, -0.25) is 4.79 Å². The highest BCUT2D eigenvalue weighted by Crippen LogP contribution is 2.40. The molecule has 3 saturated heterocycles. The van der Waals surface area contributed by atoms with E-state index in [0.717, 1.165) is 0 Å². The summed E-state index contributed by atoms with van der Waals surface area (Å²) in [6.07, 6.45) is -8.19. The number of ether oxygens (including phenoxy) is 6. The Labute approximate surface area is 317 Å². The van der Waals surface area contributed by atoms with Gasteiger partial charge in [-0.05, 0) is 94.8 Å². The van der Waals surface area contributed by atoms with Crippen LogP contribution in [0.5, 0.6) is 0 Å². The van der Waals surface area contributed by atoms with Crippen LogP contribution in [0.25, 0.3) is 0 Å². The van der Waals surface area contributed by atoms with E-state index in [0.29, 0.717) is 13.0 Å². The molecule has 7 N–H and O–H groups in total. The van der Waals surface area contributed by atoms with Crippen LogP contribution in [-0.2, 0) is 33.2 Å². The third kappa shape index (κ3) is 10.9. The Bertz CT molecular complexity index is 1150. The quantitative estimate of drug-likeness (QED) is 0.230. The molecule has 0 spiro atoms. The number of rotatable bonds is 7. The molecule has 18 atom stereocenters. The Morgan fingerprint density at radius 3 is 2.09 bits per heavy atom. The number of methoxy groups -OCH3 is 1. The minimum absolute atomic E-state index is 0. The fourth-order valence-corrected chi connectivity index (χ4v) is 8.74. The van der Waals surface area contributed by atoms with Crippen molar-refractivity contribution < 1.29 is 64.2 Å². The molecule has 3 heterocycles. The summed E-state index contributed by atoms with van der Waals surface area (Å²) < 4.78 is 37.5. The summed E-state index contributed by atoms with van der Waals surface area (Å²) >= 11 is 0.